The molecule has 0 saturated heterocycles. The van der Waals surface area contributed by atoms with Crippen LogP contribution in [0.15, 0.2) is 54.7 Å². The molecule has 2 aromatic carbocycles. The fraction of sp³-hybridized carbons (Fsp3) is 0.564. The molecule has 0 radical (unpaired) electrons. The van der Waals surface area contributed by atoms with Crippen molar-refractivity contribution < 1.29 is 92.0 Å². The number of aromatic nitrogens is 1. The summed E-state index contributed by atoms with van der Waals surface area (Å²) in [6.45, 7) is 16.7. The second kappa shape index (κ2) is 44.9. The largest absolute Gasteiger partial charge is 0.508 e. The number of aliphatic hydroxyl groups excluding tert-OH is 1. The Bertz CT molecular complexity index is 4030. The van der Waals surface area contributed by atoms with E-state index in [2.05, 4.69) is 92.7 Å². The number of carboxylic acids is 1. The Morgan fingerprint density at radius 1 is 0.616 bits per heavy atom. The Labute approximate surface area is 651 Å². The van der Waals surface area contributed by atoms with E-state index in [0.29, 0.717) is 34.9 Å². The van der Waals surface area contributed by atoms with E-state index >= 15 is 0 Å². The number of phenols is 1. The number of aromatic amines is 1. The molecule has 34 heteroatoms. The smallest absolute Gasteiger partial charge is 0.303 e. The van der Waals surface area contributed by atoms with E-state index in [1.165, 1.54) is 93.5 Å². The molecule has 0 spiro atoms. The van der Waals surface area contributed by atoms with E-state index in [-0.39, 0.29) is 88.2 Å². The van der Waals surface area contributed by atoms with Gasteiger partial charge in [-0.15, -0.1) is 0 Å². The van der Waals surface area contributed by atoms with Crippen LogP contribution in [0, 0.1) is 40.9 Å². The van der Waals surface area contributed by atoms with Crippen molar-refractivity contribution in [2.45, 2.75) is 258 Å². The molecule has 34 nitrogen and oxygen atoms in total. The van der Waals surface area contributed by atoms with Gasteiger partial charge in [0.1, 0.15) is 59.6 Å². The highest BCUT2D eigenvalue weighted by molar-refractivity contribution is 6.41. The van der Waals surface area contributed by atoms with Crippen molar-refractivity contribution in [3.05, 3.63) is 65.9 Å². The van der Waals surface area contributed by atoms with Gasteiger partial charge in [-0.1, -0.05) is 69.4 Å². The number of nitrogens with two attached hydrogens (primary N) is 2. The van der Waals surface area contributed by atoms with Gasteiger partial charge < -0.3 is 84.9 Å². The highest BCUT2D eigenvalue weighted by atomic mass is 16.4. The number of nitrogens with one attached hydrogen (secondary N) is 13. The summed E-state index contributed by atoms with van der Waals surface area (Å²) in [7, 11) is 0. The van der Waals surface area contributed by atoms with Crippen LogP contribution >= 0.6 is 0 Å². The molecule has 0 fully saturated rings. The summed E-state index contributed by atoms with van der Waals surface area (Å²) >= 11 is 0. The number of phenolic OH excluding ortho intramolecular Hbond substituents is 1. The third-order valence-electron chi connectivity index (χ3n) is 19.0. The normalized spacial score (nSPS) is 23.0. The van der Waals surface area contributed by atoms with Crippen LogP contribution in [-0.2, 0) is 89.6 Å². The van der Waals surface area contributed by atoms with E-state index < -0.39 is 197 Å². The highest BCUT2D eigenvalue weighted by Gasteiger charge is 2.42. The number of Topliss-reactive ketones (excluding diaryl/α,β-unsaturated/α-hetero) is 5. The summed E-state index contributed by atoms with van der Waals surface area (Å²) in [4.78, 5) is 224. The summed E-state index contributed by atoms with van der Waals surface area (Å²) in [6, 6.07) is -2.61. The summed E-state index contributed by atoms with van der Waals surface area (Å²) in [5.74, 6) is -4.87. The molecule has 0 aliphatic carbocycles. The number of carboxylic acid groups (broad SMARTS) is 1. The maximum Gasteiger partial charge on any atom is 0.303 e. The van der Waals surface area contributed by atoms with Crippen LogP contribution in [0.1, 0.15) is 178 Å². The number of carbonyl (C=O) groups excluding carboxylic acids is 15. The van der Waals surface area contributed by atoms with Crippen LogP contribution in [0.5, 0.6) is 5.75 Å². The minimum atomic E-state index is -1.85. The molecule has 10 amide bonds. The quantitative estimate of drug-likeness (QED) is 0.0179. The van der Waals surface area contributed by atoms with Crippen molar-refractivity contribution in [2.24, 2.45) is 28.7 Å². The lowest BCUT2D eigenvalue weighted by Gasteiger charge is -2.33. The molecule has 2 heterocycles. The lowest BCUT2D eigenvalue weighted by atomic mass is 9.79. The number of hydrogen-bond acceptors (Lipinski definition) is 22. The molecule has 3 aromatic rings. The van der Waals surface area contributed by atoms with Crippen molar-refractivity contribution in [1.29, 1.82) is 0 Å². The van der Waals surface area contributed by atoms with Crippen LogP contribution in [0.25, 0.3) is 10.9 Å². The third kappa shape index (κ3) is 30.5. The first-order valence-electron chi connectivity index (χ1n) is 37.4. The van der Waals surface area contributed by atoms with Crippen molar-refractivity contribution in [3.8, 4) is 29.4 Å². The summed E-state index contributed by atoms with van der Waals surface area (Å²) in [6.07, 6.45) is -1.15. The predicted octanol–water partition coefficient (Wildman–Crippen LogP) is -0.577. The van der Waals surface area contributed by atoms with Crippen LogP contribution in [0.4, 0.5) is 0 Å². The van der Waals surface area contributed by atoms with Gasteiger partial charge in [-0.3, -0.25) is 82.1 Å². The van der Waals surface area contributed by atoms with Crippen molar-refractivity contribution >= 4 is 105 Å². The van der Waals surface area contributed by atoms with E-state index in [1.54, 1.807) is 44.3 Å². The molecule has 20 N–H and O–H groups in total. The van der Waals surface area contributed by atoms with Crippen molar-refractivity contribution in [2.75, 3.05) is 6.54 Å². The Morgan fingerprint density at radius 2 is 1.16 bits per heavy atom. The van der Waals surface area contributed by atoms with Gasteiger partial charge in [-0.25, -0.2) is 5.43 Å². The fourth-order valence-corrected chi connectivity index (χ4v) is 12.1. The van der Waals surface area contributed by atoms with Gasteiger partial charge in [0.15, 0.2) is 0 Å². The van der Waals surface area contributed by atoms with Crippen molar-refractivity contribution in [1.82, 2.24) is 69.0 Å². The second-order valence-electron chi connectivity index (χ2n) is 29.6. The van der Waals surface area contributed by atoms with E-state index in [1.807, 2.05) is 0 Å². The molecule has 1 aliphatic heterocycles. The lowest BCUT2D eigenvalue weighted by molar-refractivity contribution is -0.140. The van der Waals surface area contributed by atoms with Gasteiger partial charge in [0.2, 0.25) is 82.2 Å². The number of hydrogen-bond donors (Lipinski definition) is 18. The number of aliphatic hydroxyl groups is 1. The first kappa shape index (κ1) is 93.6. The standard InChI is InChI=1S/C78H111N15O19/c1-42(2)36-53-41-82-57(30-32-61(79)96)66(102)64(100)45(5)84-73(109)60(38-52-40-81-56-25-21-20-24-55(52)56)89-74(110)59(37-51-26-28-54(95)29-27-51)88-72(108)58(31-33-62(97)98)90-75(111)77(11,39-43(3)94)34-22-18-16-14-13-15-17-19-23-35-78(12,91-71(53)107)76(112)87-50(10)70(106)86-49(9)69(105)85-48(8)68(104)83-44(4)63(99)65(101)46(6)92-93-47(7)67(80)103/h20-21,24-29,40,42,44-50,53,57-60,67,81-82,92-93,95,103H,16,18-19,22-23,30-39,41,80H2,1-12H3,(H2,79,96)(H,83,104)(H,84,109)(H,85,105)(H,86,106)(H,87,112)(H,88,108)(H,89,110)(H,90,111)(H,91,107)(H,97,98)/t44-,45?,46-,47+,48?,49-,50?,53+,57-,58-,59?,60-,67?,77-,78-/m0/s1. The molecule has 0 saturated carbocycles. The van der Waals surface area contributed by atoms with Crippen molar-refractivity contribution in [3.63, 3.8) is 0 Å². The SMILES string of the molecule is CC(=O)C[C@]1(C)CCCCC#CC#CCCC[C@@](C)(C(=O)NC(C)C(=O)N[C@@H](C)C(=O)NC(C)C(=O)N[C@@H](C)C(=O)C(=O)[C@H](C)NN[C@H](C)C(N)O)NC(=O)[C@H](CC(C)C)CN[C@@H](CCC(N)=O)C(=O)C(=O)C(C)NC(=O)[C@H](Cc2c[nH]c3ccccc23)NC(=O)C(Cc2ccc(O)cc2)NC(=O)[C@H](CCC(=O)O)NC1=O. The average molecular weight is 1560 g/mol. The van der Waals surface area contributed by atoms with Gasteiger partial charge in [-0.05, 0) is 154 Å². The fourth-order valence-electron chi connectivity index (χ4n) is 12.1. The van der Waals surface area contributed by atoms with E-state index in [9.17, 15) is 92.0 Å². The molecule has 15 atom stereocenters. The number of amides is 10. The zero-order chi connectivity index (χ0) is 83.9. The van der Waals surface area contributed by atoms with E-state index in [4.69, 9.17) is 11.5 Å². The Hall–Kier alpha value is -10.8. The van der Waals surface area contributed by atoms with Gasteiger partial charge in [0.25, 0.3) is 0 Å². The number of ketones is 5. The minimum absolute atomic E-state index is 0.0955. The Kier molecular flexibility index (Phi) is 37.5. The first-order chi connectivity index (χ1) is 52.6. The molecule has 1 aromatic heterocycles. The summed E-state index contributed by atoms with van der Waals surface area (Å²) in [5, 5.41) is 56.3. The van der Waals surface area contributed by atoms with Crippen LogP contribution in [0.2, 0.25) is 0 Å². The number of para-hydroxylation sites is 1. The Morgan fingerprint density at radius 3 is 1.74 bits per heavy atom. The predicted molar refractivity (Wildman–Crippen MR) is 411 cm³/mol. The van der Waals surface area contributed by atoms with Crippen LogP contribution < -0.4 is 75.5 Å². The van der Waals surface area contributed by atoms with E-state index in [0.717, 1.165) is 0 Å². The zero-order valence-electron chi connectivity index (χ0n) is 65.6. The molecule has 0 bridgehead atoms. The number of primary amides is 1. The topological polar surface area (TPSA) is 546 Å². The molecule has 4 rings (SSSR count). The van der Waals surface area contributed by atoms with Gasteiger partial charge >= 0.3 is 5.97 Å². The number of benzene rings is 2. The maximum atomic E-state index is 15.0. The number of H-pyrrole nitrogens is 1. The first-order valence-corrected chi connectivity index (χ1v) is 37.4. The molecular formula is C78H111N15O19. The number of carbonyl (C=O) groups is 16. The van der Waals surface area contributed by atoms with Gasteiger partial charge in [0.05, 0.1) is 41.5 Å². The molecule has 612 valence electrons. The summed E-state index contributed by atoms with van der Waals surface area (Å²) < 4.78 is 0. The minimum Gasteiger partial charge on any atom is -0.508 e. The molecular weight excluding hydrogens is 1450 g/mol. The zero-order valence-corrected chi connectivity index (χ0v) is 65.6. The molecule has 112 heavy (non-hydrogen) atoms. The number of hydrazine groups is 1. The summed E-state index contributed by atoms with van der Waals surface area (Å²) in [5.41, 5.74) is 14.4. The third-order valence-corrected chi connectivity index (χ3v) is 19.0. The highest BCUT2D eigenvalue weighted by Crippen LogP contribution is 2.31. The second-order valence-corrected chi connectivity index (χ2v) is 29.6. The number of rotatable bonds is 29. The lowest BCUT2D eigenvalue weighted by Crippen LogP contribution is -2.62. The van der Waals surface area contributed by atoms with Crippen LogP contribution in [-0.4, -0.2) is 199 Å². The molecule has 5 unspecified atom stereocenters. The Balaban J connectivity index is 1.72. The molecule has 1 aliphatic rings. The number of aromatic hydroxyl groups is 1. The van der Waals surface area contributed by atoms with Crippen LogP contribution in [0.3, 0.4) is 0 Å². The van der Waals surface area contributed by atoms with Gasteiger partial charge in [-0.2, -0.15) is 0 Å². The maximum absolute atomic E-state index is 15.0. The monoisotopic (exact) mass is 1560 g/mol. The number of aliphatic carboxylic acids is 1. The average Bonchev–Trinajstić information content (AvgIpc) is 1.18. The van der Waals surface area contributed by atoms with Gasteiger partial charge in [0, 0.05) is 68.6 Å². The number of fused-ring (bicyclic) bond motifs is 1.